The summed E-state index contributed by atoms with van der Waals surface area (Å²) < 4.78 is 37.6. The number of ether oxygens (including phenoxy) is 1. The largest absolute Gasteiger partial charge is 0.447 e. The third-order valence-electron chi connectivity index (χ3n) is 2.95. The van der Waals surface area contributed by atoms with E-state index in [2.05, 4.69) is 17.0 Å². The molecule has 2 N–H and O–H groups in total. The van der Waals surface area contributed by atoms with Crippen LogP contribution in [0, 0.1) is 0 Å². The van der Waals surface area contributed by atoms with E-state index >= 15 is 0 Å². The maximum absolute atomic E-state index is 12.3. The minimum atomic E-state index is -3.64. The van der Waals surface area contributed by atoms with Gasteiger partial charge in [0.2, 0.25) is 5.09 Å². The van der Waals surface area contributed by atoms with Gasteiger partial charge >= 0.3 is 0 Å². The van der Waals surface area contributed by atoms with E-state index in [1.54, 1.807) is 13.2 Å². The van der Waals surface area contributed by atoms with E-state index < -0.39 is 10.0 Å². The number of methoxy groups -OCH3 is 1. The molecule has 1 unspecified atom stereocenters. The normalized spacial score (nSPS) is 13.5. The summed E-state index contributed by atoms with van der Waals surface area (Å²) >= 11 is 0. The molecule has 0 amide bonds. The first-order valence-corrected chi connectivity index (χ1v) is 8.82. The summed E-state index contributed by atoms with van der Waals surface area (Å²) in [5.41, 5.74) is 0. The second kappa shape index (κ2) is 9.19. The molecule has 0 bridgehead atoms. The van der Waals surface area contributed by atoms with E-state index in [-0.39, 0.29) is 11.1 Å². The highest BCUT2D eigenvalue weighted by atomic mass is 32.2. The predicted octanol–water partition coefficient (Wildman–Crippen LogP) is 1.87. The van der Waals surface area contributed by atoms with E-state index in [1.807, 2.05) is 6.92 Å². The standard InChI is InChI=1S/C14H26N2O4S/c1-4-6-12(11-19-3)16-21(17,18)14-8-7-13(20-14)10-15-9-5-2/h7-8,12,15-16H,4-6,9-11H2,1-3H3. The fourth-order valence-electron chi connectivity index (χ4n) is 1.99. The molecule has 0 aliphatic rings. The van der Waals surface area contributed by atoms with Gasteiger partial charge in [-0.3, -0.25) is 0 Å². The van der Waals surface area contributed by atoms with Crippen LogP contribution in [0.4, 0.5) is 0 Å². The quantitative estimate of drug-likeness (QED) is 0.609. The molecule has 1 heterocycles. The first kappa shape index (κ1) is 18.2. The van der Waals surface area contributed by atoms with Gasteiger partial charge in [-0.05, 0) is 31.5 Å². The zero-order valence-electron chi connectivity index (χ0n) is 13.0. The molecule has 0 saturated heterocycles. The van der Waals surface area contributed by atoms with Gasteiger partial charge in [-0.1, -0.05) is 20.3 Å². The van der Waals surface area contributed by atoms with Gasteiger partial charge in [-0.2, -0.15) is 0 Å². The van der Waals surface area contributed by atoms with E-state index in [1.165, 1.54) is 6.07 Å². The number of furan rings is 1. The fourth-order valence-corrected chi connectivity index (χ4v) is 3.19. The molecule has 1 rings (SSSR count). The lowest BCUT2D eigenvalue weighted by Crippen LogP contribution is -2.37. The predicted molar refractivity (Wildman–Crippen MR) is 81.6 cm³/mol. The minimum absolute atomic E-state index is 0.0481. The molecule has 1 atom stereocenters. The molecule has 7 heteroatoms. The molecule has 0 aliphatic carbocycles. The highest BCUT2D eigenvalue weighted by Gasteiger charge is 2.22. The Bertz CT molecular complexity index is 493. The maximum atomic E-state index is 12.3. The summed E-state index contributed by atoms with van der Waals surface area (Å²) in [6.45, 7) is 5.81. The Kier molecular flexibility index (Phi) is 7.95. The van der Waals surface area contributed by atoms with Crippen LogP contribution in [0.25, 0.3) is 0 Å². The van der Waals surface area contributed by atoms with Crippen LogP contribution in [0.5, 0.6) is 0 Å². The van der Waals surface area contributed by atoms with Gasteiger partial charge in [0.15, 0.2) is 0 Å². The third-order valence-corrected chi connectivity index (χ3v) is 4.35. The van der Waals surface area contributed by atoms with Gasteiger partial charge in [-0.15, -0.1) is 0 Å². The molecule has 6 nitrogen and oxygen atoms in total. The van der Waals surface area contributed by atoms with Crippen molar-refractivity contribution in [3.05, 3.63) is 17.9 Å². The van der Waals surface area contributed by atoms with Crippen LogP contribution >= 0.6 is 0 Å². The molecular weight excluding hydrogens is 292 g/mol. The first-order chi connectivity index (χ1) is 10.0. The molecule has 1 aromatic rings. The Labute approximate surface area is 127 Å². The van der Waals surface area contributed by atoms with Gasteiger partial charge < -0.3 is 14.5 Å². The summed E-state index contributed by atoms with van der Waals surface area (Å²) in [6.07, 6.45) is 2.61. The minimum Gasteiger partial charge on any atom is -0.447 e. The van der Waals surface area contributed by atoms with Crippen molar-refractivity contribution in [1.82, 2.24) is 10.0 Å². The topological polar surface area (TPSA) is 80.6 Å². The highest BCUT2D eigenvalue weighted by Crippen LogP contribution is 2.15. The molecule has 0 fully saturated rings. The number of hydrogen-bond acceptors (Lipinski definition) is 5. The van der Waals surface area contributed by atoms with E-state index in [4.69, 9.17) is 9.15 Å². The molecule has 0 aliphatic heterocycles. The fraction of sp³-hybridized carbons (Fsp3) is 0.714. The van der Waals surface area contributed by atoms with Crippen LogP contribution in [0.2, 0.25) is 0 Å². The van der Waals surface area contributed by atoms with Crippen molar-refractivity contribution in [3.8, 4) is 0 Å². The average molecular weight is 318 g/mol. The molecule has 1 aromatic heterocycles. The van der Waals surface area contributed by atoms with Crippen molar-refractivity contribution < 1.29 is 17.6 Å². The second-order valence-electron chi connectivity index (χ2n) is 4.96. The van der Waals surface area contributed by atoms with Crippen LogP contribution in [0.3, 0.4) is 0 Å². The van der Waals surface area contributed by atoms with Crippen molar-refractivity contribution in [2.24, 2.45) is 0 Å². The van der Waals surface area contributed by atoms with E-state index in [9.17, 15) is 8.42 Å². The third kappa shape index (κ3) is 6.17. The average Bonchev–Trinajstić information content (AvgIpc) is 2.89. The van der Waals surface area contributed by atoms with E-state index in [0.29, 0.717) is 18.9 Å². The first-order valence-electron chi connectivity index (χ1n) is 7.34. The zero-order valence-corrected chi connectivity index (χ0v) is 13.8. The lowest BCUT2D eigenvalue weighted by molar-refractivity contribution is 0.170. The van der Waals surface area contributed by atoms with Crippen LogP contribution in [0.1, 0.15) is 38.9 Å². The van der Waals surface area contributed by atoms with Crippen LogP contribution in [-0.4, -0.2) is 34.7 Å². The Morgan fingerprint density at radius 3 is 2.67 bits per heavy atom. The Morgan fingerprint density at radius 2 is 2.05 bits per heavy atom. The van der Waals surface area contributed by atoms with Crippen molar-refractivity contribution >= 4 is 10.0 Å². The van der Waals surface area contributed by atoms with Crippen molar-refractivity contribution in [2.45, 2.75) is 50.8 Å². The Balaban J connectivity index is 2.68. The van der Waals surface area contributed by atoms with Gasteiger partial charge in [0.25, 0.3) is 10.0 Å². The highest BCUT2D eigenvalue weighted by molar-refractivity contribution is 7.89. The van der Waals surface area contributed by atoms with Crippen LogP contribution in [0.15, 0.2) is 21.6 Å². The lowest BCUT2D eigenvalue weighted by atomic mass is 10.2. The molecular formula is C14H26N2O4S. The van der Waals surface area contributed by atoms with E-state index in [0.717, 1.165) is 25.8 Å². The molecule has 0 radical (unpaired) electrons. The smallest absolute Gasteiger partial charge is 0.274 e. The second-order valence-corrected chi connectivity index (χ2v) is 6.60. The molecule has 21 heavy (non-hydrogen) atoms. The van der Waals surface area contributed by atoms with Crippen molar-refractivity contribution in [3.63, 3.8) is 0 Å². The Morgan fingerprint density at radius 1 is 1.29 bits per heavy atom. The molecule has 122 valence electrons. The van der Waals surface area contributed by atoms with Crippen molar-refractivity contribution in [2.75, 3.05) is 20.3 Å². The summed E-state index contributed by atoms with van der Waals surface area (Å²) in [7, 11) is -2.08. The van der Waals surface area contributed by atoms with Gasteiger partial charge in [0, 0.05) is 13.2 Å². The molecule has 0 aromatic carbocycles. The van der Waals surface area contributed by atoms with Crippen molar-refractivity contribution in [1.29, 1.82) is 0 Å². The van der Waals surface area contributed by atoms with Crippen LogP contribution < -0.4 is 10.0 Å². The summed E-state index contributed by atoms with van der Waals surface area (Å²) in [5.74, 6) is 0.614. The molecule has 0 saturated carbocycles. The van der Waals surface area contributed by atoms with Gasteiger partial charge in [-0.25, -0.2) is 13.1 Å². The maximum Gasteiger partial charge on any atom is 0.274 e. The number of nitrogens with one attached hydrogen (secondary N) is 2. The van der Waals surface area contributed by atoms with Gasteiger partial charge in [0.1, 0.15) is 5.76 Å². The SMILES string of the molecule is CCCNCc1ccc(S(=O)(=O)NC(CCC)COC)o1. The monoisotopic (exact) mass is 318 g/mol. The Hall–Kier alpha value is -0.890. The number of rotatable bonds is 11. The summed E-state index contributed by atoms with van der Waals surface area (Å²) in [5, 5.41) is 3.12. The lowest BCUT2D eigenvalue weighted by Gasteiger charge is -2.16. The zero-order chi connectivity index (χ0) is 15.7. The number of sulfonamides is 1. The number of hydrogen-bond donors (Lipinski definition) is 2. The van der Waals surface area contributed by atoms with Gasteiger partial charge in [0.05, 0.1) is 13.2 Å². The molecule has 0 spiro atoms. The summed E-state index contributed by atoms with van der Waals surface area (Å²) in [6, 6.07) is 2.93. The summed E-state index contributed by atoms with van der Waals surface area (Å²) in [4.78, 5) is 0. The van der Waals surface area contributed by atoms with Crippen LogP contribution in [-0.2, 0) is 21.3 Å².